The van der Waals surface area contributed by atoms with Gasteiger partial charge in [0.15, 0.2) is 0 Å². The smallest absolute Gasteiger partial charge is 0.337 e. The number of nitrogens with zero attached hydrogens (tertiary/aromatic N) is 1. The molecule has 6 heteroatoms. The normalized spacial score (nSPS) is 11.6. The molecule has 0 spiro atoms. The quantitative estimate of drug-likeness (QED) is 0.851. The first-order valence-electron chi connectivity index (χ1n) is 7.67. The fourth-order valence-electron chi connectivity index (χ4n) is 2.31. The van der Waals surface area contributed by atoms with E-state index in [2.05, 4.69) is 10.3 Å². The monoisotopic (exact) mass is 328 g/mol. The first kappa shape index (κ1) is 17.5. The van der Waals surface area contributed by atoms with Crippen molar-refractivity contribution in [2.75, 3.05) is 6.61 Å². The highest BCUT2D eigenvalue weighted by Crippen LogP contribution is 2.19. The van der Waals surface area contributed by atoms with Crippen LogP contribution in [0, 0.1) is 6.92 Å². The fraction of sp³-hybridized carbons (Fsp3) is 0.278. The maximum absolute atomic E-state index is 12.3. The second-order valence-electron chi connectivity index (χ2n) is 5.34. The van der Waals surface area contributed by atoms with Gasteiger partial charge in [-0.05, 0) is 50.6 Å². The molecule has 0 saturated heterocycles. The number of ether oxygens (including phenoxy) is 1. The van der Waals surface area contributed by atoms with Crippen molar-refractivity contribution in [1.29, 1.82) is 0 Å². The van der Waals surface area contributed by atoms with Gasteiger partial charge in [0.2, 0.25) is 0 Å². The van der Waals surface area contributed by atoms with E-state index in [1.165, 1.54) is 12.1 Å². The van der Waals surface area contributed by atoms with E-state index in [9.17, 15) is 9.59 Å². The zero-order valence-electron chi connectivity index (χ0n) is 13.9. The van der Waals surface area contributed by atoms with Crippen molar-refractivity contribution in [3.05, 3.63) is 58.9 Å². The van der Waals surface area contributed by atoms with Crippen molar-refractivity contribution in [2.45, 2.75) is 26.8 Å². The number of nitrogens with one attached hydrogen (secondary N) is 1. The number of carboxylic acids is 1. The second-order valence-corrected chi connectivity index (χ2v) is 5.34. The van der Waals surface area contributed by atoms with Gasteiger partial charge in [0.05, 0.1) is 23.9 Å². The summed E-state index contributed by atoms with van der Waals surface area (Å²) in [6.45, 7) is 5.91. The summed E-state index contributed by atoms with van der Waals surface area (Å²) in [6.07, 6.45) is 0. The lowest BCUT2D eigenvalue weighted by Crippen LogP contribution is -2.27. The van der Waals surface area contributed by atoms with Crippen LogP contribution in [-0.4, -0.2) is 28.6 Å². The predicted molar refractivity (Wildman–Crippen MR) is 89.4 cm³/mol. The van der Waals surface area contributed by atoms with Gasteiger partial charge in [-0.2, -0.15) is 0 Å². The predicted octanol–water partition coefficient (Wildman–Crippen LogP) is 2.98. The first-order valence-corrected chi connectivity index (χ1v) is 7.67. The molecule has 2 rings (SSSR count). The molecule has 1 aromatic carbocycles. The van der Waals surface area contributed by atoms with Crippen LogP contribution in [-0.2, 0) is 0 Å². The summed E-state index contributed by atoms with van der Waals surface area (Å²) in [5.41, 5.74) is 1.49. The molecule has 1 atom stereocenters. The Bertz CT molecular complexity index is 758. The molecular weight excluding hydrogens is 308 g/mol. The Balaban J connectivity index is 2.12. The number of carbonyl (C=O) groups excluding carboxylic acids is 1. The molecule has 0 aliphatic rings. The maximum atomic E-state index is 12.3. The number of hydrogen-bond acceptors (Lipinski definition) is 4. The highest BCUT2D eigenvalue weighted by atomic mass is 16.5. The molecule has 0 aliphatic heterocycles. The molecular formula is C18H20N2O4. The summed E-state index contributed by atoms with van der Waals surface area (Å²) in [4.78, 5) is 27.4. The molecule has 1 heterocycles. The number of hydrogen-bond donors (Lipinski definition) is 2. The van der Waals surface area contributed by atoms with E-state index in [0.717, 1.165) is 11.3 Å². The molecule has 2 N–H and O–H groups in total. The molecule has 1 unspecified atom stereocenters. The van der Waals surface area contributed by atoms with Crippen molar-refractivity contribution in [1.82, 2.24) is 10.3 Å². The topological polar surface area (TPSA) is 88.5 Å². The van der Waals surface area contributed by atoms with Crippen molar-refractivity contribution in [3.8, 4) is 5.75 Å². The van der Waals surface area contributed by atoms with Crippen LogP contribution in [0.1, 0.15) is 52.0 Å². The Morgan fingerprint density at radius 3 is 2.67 bits per heavy atom. The van der Waals surface area contributed by atoms with Crippen LogP contribution >= 0.6 is 0 Å². The molecule has 1 aromatic heterocycles. The van der Waals surface area contributed by atoms with Gasteiger partial charge in [-0.3, -0.25) is 4.79 Å². The average Bonchev–Trinajstić information content (AvgIpc) is 2.54. The lowest BCUT2D eigenvalue weighted by molar-refractivity contribution is 0.0694. The highest BCUT2D eigenvalue weighted by Gasteiger charge is 2.16. The van der Waals surface area contributed by atoms with E-state index in [4.69, 9.17) is 9.84 Å². The summed E-state index contributed by atoms with van der Waals surface area (Å²) in [7, 11) is 0. The lowest BCUT2D eigenvalue weighted by atomic mass is 10.1. The van der Waals surface area contributed by atoms with Crippen LogP contribution in [0.5, 0.6) is 5.75 Å². The van der Waals surface area contributed by atoms with E-state index in [0.29, 0.717) is 12.3 Å². The number of amides is 1. The summed E-state index contributed by atoms with van der Waals surface area (Å²) in [5, 5.41) is 11.9. The van der Waals surface area contributed by atoms with E-state index < -0.39 is 5.97 Å². The van der Waals surface area contributed by atoms with E-state index >= 15 is 0 Å². The highest BCUT2D eigenvalue weighted by molar-refractivity contribution is 5.94. The number of benzene rings is 1. The van der Waals surface area contributed by atoms with Gasteiger partial charge in [-0.15, -0.1) is 0 Å². The van der Waals surface area contributed by atoms with Gasteiger partial charge in [0, 0.05) is 0 Å². The van der Waals surface area contributed by atoms with Gasteiger partial charge in [-0.1, -0.05) is 12.1 Å². The second kappa shape index (κ2) is 7.59. The molecule has 1 amide bonds. The van der Waals surface area contributed by atoms with E-state index in [1.54, 1.807) is 6.92 Å². The minimum Gasteiger partial charge on any atom is -0.494 e. The van der Waals surface area contributed by atoms with Crippen LogP contribution in [0.2, 0.25) is 0 Å². The molecule has 0 fully saturated rings. The standard InChI is InChI=1S/C18H20N2O4/c1-4-24-14-7-5-6-13(10-14)11(2)20-17(21)16-9-8-15(18(22)23)12(3)19-16/h5-11H,4H2,1-3H3,(H,20,21)(H,22,23). The lowest BCUT2D eigenvalue weighted by Gasteiger charge is -2.15. The van der Waals surface area contributed by atoms with Gasteiger partial charge >= 0.3 is 5.97 Å². The number of aromatic carboxylic acids is 1. The first-order chi connectivity index (χ1) is 11.4. The molecule has 24 heavy (non-hydrogen) atoms. The zero-order chi connectivity index (χ0) is 17.7. The summed E-state index contributed by atoms with van der Waals surface area (Å²) in [5.74, 6) is -0.673. The number of rotatable bonds is 6. The summed E-state index contributed by atoms with van der Waals surface area (Å²) in [6, 6.07) is 10.1. The van der Waals surface area contributed by atoms with Gasteiger partial charge in [0.1, 0.15) is 11.4 Å². The van der Waals surface area contributed by atoms with Crippen LogP contribution in [0.4, 0.5) is 0 Å². The Morgan fingerprint density at radius 2 is 2.04 bits per heavy atom. The van der Waals surface area contributed by atoms with Crippen LogP contribution in [0.3, 0.4) is 0 Å². The molecule has 0 radical (unpaired) electrons. The van der Waals surface area contributed by atoms with Gasteiger partial charge in [-0.25, -0.2) is 9.78 Å². The summed E-state index contributed by atoms with van der Waals surface area (Å²) < 4.78 is 5.46. The van der Waals surface area contributed by atoms with Crippen molar-refractivity contribution < 1.29 is 19.4 Å². The van der Waals surface area contributed by atoms with Gasteiger partial charge in [0.25, 0.3) is 5.91 Å². The van der Waals surface area contributed by atoms with Gasteiger partial charge < -0.3 is 15.2 Å². The van der Waals surface area contributed by atoms with Crippen LogP contribution in [0.15, 0.2) is 36.4 Å². The SMILES string of the molecule is CCOc1cccc(C(C)NC(=O)c2ccc(C(=O)O)c(C)n2)c1. The Hall–Kier alpha value is -2.89. The van der Waals surface area contributed by atoms with E-state index in [-0.39, 0.29) is 23.2 Å². The number of aryl methyl sites for hydroxylation is 1. The zero-order valence-corrected chi connectivity index (χ0v) is 13.9. The third-order valence-corrected chi connectivity index (χ3v) is 3.57. The minimum atomic E-state index is -1.06. The van der Waals surface area contributed by atoms with Crippen LogP contribution < -0.4 is 10.1 Å². The number of carbonyl (C=O) groups is 2. The average molecular weight is 328 g/mol. The largest absolute Gasteiger partial charge is 0.494 e. The molecule has 2 aromatic rings. The number of pyridine rings is 1. The molecule has 0 saturated carbocycles. The van der Waals surface area contributed by atoms with Crippen molar-refractivity contribution in [3.63, 3.8) is 0 Å². The molecule has 126 valence electrons. The van der Waals surface area contributed by atoms with Crippen molar-refractivity contribution >= 4 is 11.9 Å². The number of carboxylic acid groups (broad SMARTS) is 1. The fourth-order valence-corrected chi connectivity index (χ4v) is 2.31. The third kappa shape index (κ3) is 4.10. The maximum Gasteiger partial charge on any atom is 0.337 e. The Labute approximate surface area is 140 Å². The molecule has 6 nitrogen and oxygen atoms in total. The molecule has 0 aliphatic carbocycles. The Kier molecular flexibility index (Phi) is 5.52. The minimum absolute atomic E-state index is 0.0871. The van der Waals surface area contributed by atoms with Crippen LogP contribution in [0.25, 0.3) is 0 Å². The molecule has 0 bridgehead atoms. The Morgan fingerprint density at radius 1 is 1.29 bits per heavy atom. The van der Waals surface area contributed by atoms with E-state index in [1.807, 2.05) is 38.1 Å². The number of aromatic nitrogens is 1. The van der Waals surface area contributed by atoms with Crippen molar-refractivity contribution in [2.24, 2.45) is 0 Å². The third-order valence-electron chi connectivity index (χ3n) is 3.57. The summed E-state index contributed by atoms with van der Waals surface area (Å²) >= 11 is 0.